The van der Waals surface area contributed by atoms with Gasteiger partial charge in [-0.3, -0.25) is 9.89 Å². The van der Waals surface area contributed by atoms with Crippen LogP contribution < -0.4 is 10.9 Å². The van der Waals surface area contributed by atoms with E-state index in [1.807, 2.05) is 12.1 Å². The van der Waals surface area contributed by atoms with Gasteiger partial charge in [-0.05, 0) is 17.4 Å². The fraction of sp³-hybridized carbons (Fsp3) is 0.421. The van der Waals surface area contributed by atoms with E-state index in [1.54, 1.807) is 11.6 Å². The normalized spacial score (nSPS) is 11.8. The predicted octanol–water partition coefficient (Wildman–Crippen LogP) is 2.83. The molecular formula is C19H25N5O2. The molecule has 0 amide bonds. The van der Waals surface area contributed by atoms with Gasteiger partial charge in [-0.25, -0.2) is 9.50 Å². The molecule has 0 fully saturated rings. The molecule has 0 radical (unpaired) electrons. The number of methoxy groups -OCH3 is 1. The first-order chi connectivity index (χ1) is 12.4. The average Bonchev–Trinajstić information content (AvgIpc) is 2.98. The zero-order valence-corrected chi connectivity index (χ0v) is 15.7. The van der Waals surface area contributed by atoms with Gasteiger partial charge in [0.25, 0.3) is 5.56 Å². The second kappa shape index (κ2) is 7.29. The number of fused-ring (bicyclic) bond motifs is 1. The van der Waals surface area contributed by atoms with Crippen LogP contribution in [-0.4, -0.2) is 39.8 Å². The van der Waals surface area contributed by atoms with Gasteiger partial charge in [0.15, 0.2) is 11.5 Å². The Bertz CT molecular complexity index is 935. The lowest BCUT2D eigenvalue weighted by Crippen LogP contribution is -2.13. The summed E-state index contributed by atoms with van der Waals surface area (Å²) in [6.45, 7) is 7.88. The van der Waals surface area contributed by atoms with Crippen molar-refractivity contribution in [2.75, 3.05) is 25.6 Å². The van der Waals surface area contributed by atoms with Crippen LogP contribution in [0.3, 0.4) is 0 Å². The molecule has 2 N–H and O–H groups in total. The Labute approximate surface area is 152 Å². The van der Waals surface area contributed by atoms with Crippen molar-refractivity contribution in [3.05, 3.63) is 46.2 Å². The third-order valence-corrected chi connectivity index (χ3v) is 4.17. The lowest BCUT2D eigenvalue weighted by Gasteiger charge is -2.19. The van der Waals surface area contributed by atoms with Crippen molar-refractivity contribution < 1.29 is 4.74 Å². The molecule has 2 heterocycles. The van der Waals surface area contributed by atoms with Crippen molar-refractivity contribution >= 4 is 11.6 Å². The minimum absolute atomic E-state index is 0.0886. The molecule has 7 nitrogen and oxygen atoms in total. The van der Waals surface area contributed by atoms with Crippen molar-refractivity contribution in [1.82, 2.24) is 19.6 Å². The highest BCUT2D eigenvalue weighted by molar-refractivity contribution is 5.60. The van der Waals surface area contributed by atoms with Crippen molar-refractivity contribution in [1.29, 1.82) is 0 Å². The topological polar surface area (TPSA) is 84.3 Å². The van der Waals surface area contributed by atoms with Gasteiger partial charge in [0.05, 0.1) is 0 Å². The number of hydrogen-bond acceptors (Lipinski definition) is 5. The standard InChI is InChI=1S/C19H25N5O2/c1-19(2,3)14-8-6-13(7-9-14)17-21-15-12-16(25)23-24(15)18(22-17)20-10-5-11-26-4/h6-9,12H,5,10-11H2,1-4H3,(H,23,25)(H,20,21,22). The number of nitrogens with one attached hydrogen (secondary N) is 2. The highest BCUT2D eigenvalue weighted by atomic mass is 16.5. The van der Waals surface area contributed by atoms with Crippen LogP contribution in [0.15, 0.2) is 35.1 Å². The lowest BCUT2D eigenvalue weighted by atomic mass is 9.87. The molecule has 0 spiro atoms. The molecule has 3 rings (SSSR count). The maximum absolute atomic E-state index is 11.7. The first-order valence-electron chi connectivity index (χ1n) is 8.72. The Hall–Kier alpha value is -2.67. The van der Waals surface area contributed by atoms with Crippen molar-refractivity contribution in [3.8, 4) is 11.4 Å². The van der Waals surface area contributed by atoms with Gasteiger partial charge < -0.3 is 10.1 Å². The molecule has 3 aromatic rings. The lowest BCUT2D eigenvalue weighted by molar-refractivity contribution is 0.197. The Morgan fingerprint density at radius 2 is 1.92 bits per heavy atom. The van der Waals surface area contributed by atoms with Gasteiger partial charge in [0, 0.05) is 31.9 Å². The first kappa shape index (κ1) is 18.1. The van der Waals surface area contributed by atoms with Crippen LogP contribution in [0.25, 0.3) is 17.0 Å². The van der Waals surface area contributed by atoms with Crippen LogP contribution in [0, 0.1) is 0 Å². The monoisotopic (exact) mass is 355 g/mol. The van der Waals surface area contributed by atoms with Crippen LogP contribution in [0.4, 0.5) is 5.95 Å². The molecule has 1 aromatic carbocycles. The van der Waals surface area contributed by atoms with Crippen molar-refractivity contribution in [2.45, 2.75) is 32.6 Å². The van der Waals surface area contributed by atoms with E-state index >= 15 is 0 Å². The number of anilines is 1. The van der Waals surface area contributed by atoms with Crippen LogP contribution >= 0.6 is 0 Å². The molecule has 0 aliphatic rings. The Morgan fingerprint density at radius 1 is 1.19 bits per heavy atom. The number of rotatable bonds is 6. The molecule has 0 aliphatic carbocycles. The zero-order chi connectivity index (χ0) is 18.7. The van der Waals surface area contributed by atoms with Crippen LogP contribution in [0.1, 0.15) is 32.8 Å². The summed E-state index contributed by atoms with van der Waals surface area (Å²) in [7, 11) is 1.67. The third kappa shape index (κ3) is 3.94. The van der Waals surface area contributed by atoms with Crippen LogP contribution in [-0.2, 0) is 10.2 Å². The Balaban J connectivity index is 1.96. The number of H-pyrrole nitrogens is 1. The molecular weight excluding hydrogens is 330 g/mol. The molecule has 0 atom stereocenters. The van der Waals surface area contributed by atoms with Gasteiger partial charge in [-0.2, -0.15) is 4.98 Å². The van der Waals surface area contributed by atoms with Crippen molar-refractivity contribution in [3.63, 3.8) is 0 Å². The van der Waals surface area contributed by atoms with Crippen molar-refractivity contribution in [2.24, 2.45) is 0 Å². The first-order valence-corrected chi connectivity index (χ1v) is 8.72. The minimum atomic E-state index is -0.209. The highest BCUT2D eigenvalue weighted by Gasteiger charge is 2.15. The van der Waals surface area contributed by atoms with E-state index in [0.717, 1.165) is 12.0 Å². The summed E-state index contributed by atoms with van der Waals surface area (Å²) in [4.78, 5) is 20.9. The van der Waals surface area contributed by atoms with E-state index in [0.29, 0.717) is 30.6 Å². The van der Waals surface area contributed by atoms with Gasteiger partial charge >= 0.3 is 0 Å². The number of nitrogens with zero attached hydrogens (tertiary/aromatic N) is 3. The van der Waals surface area contributed by atoms with E-state index in [-0.39, 0.29) is 11.0 Å². The largest absolute Gasteiger partial charge is 0.385 e. The fourth-order valence-corrected chi connectivity index (χ4v) is 2.69. The van der Waals surface area contributed by atoms with Crippen LogP contribution in [0.2, 0.25) is 0 Å². The second-order valence-electron chi connectivity index (χ2n) is 7.29. The second-order valence-corrected chi connectivity index (χ2v) is 7.29. The summed E-state index contributed by atoms with van der Waals surface area (Å²) in [5.74, 6) is 1.14. The smallest absolute Gasteiger partial charge is 0.266 e. The minimum Gasteiger partial charge on any atom is -0.385 e. The van der Waals surface area contributed by atoms with Gasteiger partial charge in [0.1, 0.15) is 0 Å². The summed E-state index contributed by atoms with van der Waals surface area (Å²) in [5, 5.41) is 5.96. The summed E-state index contributed by atoms with van der Waals surface area (Å²) in [6.07, 6.45) is 0.836. The van der Waals surface area contributed by atoms with Gasteiger partial charge in [-0.1, -0.05) is 45.0 Å². The van der Waals surface area contributed by atoms with E-state index in [9.17, 15) is 4.79 Å². The van der Waals surface area contributed by atoms with E-state index in [2.05, 4.69) is 53.3 Å². The summed E-state index contributed by atoms with van der Waals surface area (Å²) in [5.41, 5.74) is 2.58. The fourth-order valence-electron chi connectivity index (χ4n) is 2.69. The molecule has 2 aromatic heterocycles. The van der Waals surface area contributed by atoms with Crippen LogP contribution in [0.5, 0.6) is 0 Å². The number of hydrogen-bond donors (Lipinski definition) is 2. The number of aromatic nitrogens is 4. The number of ether oxygens (including phenoxy) is 1. The van der Waals surface area contributed by atoms with E-state index in [1.165, 1.54) is 11.6 Å². The number of aromatic amines is 1. The van der Waals surface area contributed by atoms with E-state index < -0.39 is 0 Å². The molecule has 0 saturated heterocycles. The molecule has 138 valence electrons. The highest BCUT2D eigenvalue weighted by Crippen LogP contribution is 2.25. The maximum Gasteiger partial charge on any atom is 0.266 e. The molecule has 0 aliphatic heterocycles. The predicted molar refractivity (Wildman–Crippen MR) is 103 cm³/mol. The molecule has 0 saturated carbocycles. The SMILES string of the molecule is COCCCNc1nc(-c2ccc(C(C)(C)C)cc2)nc2cc(=O)[nH]n12. The van der Waals surface area contributed by atoms with Gasteiger partial charge in [-0.15, -0.1) is 0 Å². The third-order valence-electron chi connectivity index (χ3n) is 4.17. The Morgan fingerprint density at radius 3 is 2.58 bits per heavy atom. The summed E-state index contributed by atoms with van der Waals surface area (Å²) >= 11 is 0. The maximum atomic E-state index is 11.7. The zero-order valence-electron chi connectivity index (χ0n) is 15.7. The molecule has 26 heavy (non-hydrogen) atoms. The van der Waals surface area contributed by atoms with E-state index in [4.69, 9.17) is 4.74 Å². The average molecular weight is 355 g/mol. The quantitative estimate of drug-likeness (QED) is 0.664. The molecule has 7 heteroatoms. The summed E-state index contributed by atoms with van der Waals surface area (Å²) in [6, 6.07) is 9.70. The number of benzene rings is 1. The molecule has 0 bridgehead atoms. The Kier molecular flexibility index (Phi) is 5.08. The summed E-state index contributed by atoms with van der Waals surface area (Å²) < 4.78 is 6.64. The van der Waals surface area contributed by atoms with Gasteiger partial charge in [0.2, 0.25) is 5.95 Å². The molecule has 0 unspecified atom stereocenters.